The van der Waals surface area contributed by atoms with Crippen molar-refractivity contribution in [2.75, 3.05) is 5.73 Å². The number of halogens is 1. The van der Waals surface area contributed by atoms with Gasteiger partial charge in [-0.25, -0.2) is 4.79 Å². The molecule has 0 aromatic heterocycles. The van der Waals surface area contributed by atoms with Gasteiger partial charge in [-0.2, -0.15) is 0 Å². The highest BCUT2D eigenvalue weighted by Crippen LogP contribution is 2.18. The zero-order chi connectivity index (χ0) is 9.14. The number of carboxylic acids is 1. The van der Waals surface area contributed by atoms with Gasteiger partial charge in [-0.1, -0.05) is 12.1 Å². The van der Waals surface area contributed by atoms with Gasteiger partial charge in [0.05, 0.1) is 11.3 Å². The van der Waals surface area contributed by atoms with Gasteiger partial charge in [0.2, 0.25) is 0 Å². The van der Waals surface area contributed by atoms with E-state index in [4.69, 9.17) is 22.4 Å². The molecular weight excluding hydrogens is 178 g/mol. The van der Waals surface area contributed by atoms with Crippen molar-refractivity contribution in [1.29, 1.82) is 0 Å². The quantitative estimate of drug-likeness (QED) is 0.545. The number of rotatable bonds is 2. The van der Waals surface area contributed by atoms with Gasteiger partial charge < -0.3 is 10.8 Å². The molecule has 1 aromatic rings. The molecule has 3 N–H and O–H groups in total. The lowest BCUT2D eigenvalue weighted by atomic mass is 10.1. The van der Waals surface area contributed by atoms with Crippen LogP contribution in [0, 0.1) is 0 Å². The summed E-state index contributed by atoms with van der Waals surface area (Å²) in [7, 11) is 0. The molecule has 4 heteroatoms. The molecule has 0 atom stereocenters. The monoisotopic (exact) mass is 185 g/mol. The van der Waals surface area contributed by atoms with Gasteiger partial charge in [0.1, 0.15) is 0 Å². The lowest BCUT2D eigenvalue weighted by molar-refractivity contribution is 0.0698. The second-order valence-corrected chi connectivity index (χ2v) is 2.58. The largest absolute Gasteiger partial charge is 0.478 e. The Hall–Kier alpha value is -1.22. The fraction of sp³-hybridized carbons (Fsp3) is 0.125. The topological polar surface area (TPSA) is 63.3 Å². The molecule has 0 aliphatic carbocycles. The standard InChI is InChI=1S/C8H8ClNO2/c9-4-5-2-1-3-6(7(5)10)8(11)12/h1-3H,4,10H2,(H,11,12). The molecule has 0 fully saturated rings. The highest BCUT2D eigenvalue weighted by atomic mass is 35.5. The molecule has 3 nitrogen and oxygen atoms in total. The molecule has 0 aliphatic heterocycles. The number of benzene rings is 1. The van der Waals surface area contributed by atoms with Crippen LogP contribution in [0.25, 0.3) is 0 Å². The molecule has 0 bridgehead atoms. The predicted molar refractivity (Wildman–Crippen MR) is 47.4 cm³/mol. The van der Waals surface area contributed by atoms with E-state index in [2.05, 4.69) is 0 Å². The van der Waals surface area contributed by atoms with Crippen LogP contribution in [0.3, 0.4) is 0 Å². The Morgan fingerprint density at radius 3 is 2.75 bits per heavy atom. The van der Waals surface area contributed by atoms with Crippen molar-refractivity contribution >= 4 is 23.3 Å². The van der Waals surface area contributed by atoms with Crippen LogP contribution in [-0.2, 0) is 5.88 Å². The summed E-state index contributed by atoms with van der Waals surface area (Å²) in [5, 5.41) is 8.66. The minimum atomic E-state index is -1.03. The number of para-hydroxylation sites is 1. The molecule has 64 valence electrons. The second-order valence-electron chi connectivity index (χ2n) is 2.32. The minimum absolute atomic E-state index is 0.105. The molecule has 0 heterocycles. The van der Waals surface area contributed by atoms with Crippen LogP contribution in [0.1, 0.15) is 15.9 Å². The van der Waals surface area contributed by atoms with Crippen LogP contribution in [0.15, 0.2) is 18.2 Å². The average molecular weight is 186 g/mol. The van der Waals surface area contributed by atoms with Crippen molar-refractivity contribution in [1.82, 2.24) is 0 Å². The summed E-state index contributed by atoms with van der Waals surface area (Å²) in [6.45, 7) is 0. The Kier molecular flexibility index (Phi) is 2.55. The number of alkyl halides is 1. The van der Waals surface area contributed by atoms with E-state index in [1.54, 1.807) is 12.1 Å². The van der Waals surface area contributed by atoms with Crippen LogP contribution in [-0.4, -0.2) is 11.1 Å². The first kappa shape index (κ1) is 8.87. The Morgan fingerprint density at radius 2 is 2.25 bits per heavy atom. The van der Waals surface area contributed by atoms with Crippen LogP contribution < -0.4 is 5.73 Å². The van der Waals surface area contributed by atoms with Crippen molar-refractivity contribution in [2.45, 2.75) is 5.88 Å². The first-order valence-electron chi connectivity index (χ1n) is 3.33. The molecule has 1 rings (SSSR count). The molecule has 1 aromatic carbocycles. The molecule has 12 heavy (non-hydrogen) atoms. The highest BCUT2D eigenvalue weighted by molar-refractivity contribution is 6.17. The maximum absolute atomic E-state index is 10.6. The van der Waals surface area contributed by atoms with Gasteiger partial charge in [0.15, 0.2) is 0 Å². The third-order valence-electron chi connectivity index (χ3n) is 1.57. The minimum Gasteiger partial charge on any atom is -0.478 e. The molecule has 0 spiro atoms. The zero-order valence-electron chi connectivity index (χ0n) is 6.25. The smallest absolute Gasteiger partial charge is 0.337 e. The normalized spacial score (nSPS) is 9.75. The summed E-state index contributed by atoms with van der Waals surface area (Å²) in [5.41, 5.74) is 6.53. The maximum Gasteiger partial charge on any atom is 0.337 e. The van der Waals surface area contributed by atoms with Crippen LogP contribution in [0.2, 0.25) is 0 Å². The average Bonchev–Trinajstić information content (AvgIpc) is 2.04. The second kappa shape index (κ2) is 3.45. The number of nitrogens with two attached hydrogens (primary N) is 1. The Bertz CT molecular complexity index is 312. The van der Waals surface area contributed by atoms with Crippen molar-refractivity contribution in [3.8, 4) is 0 Å². The molecule has 0 radical (unpaired) electrons. The zero-order valence-corrected chi connectivity index (χ0v) is 7.01. The SMILES string of the molecule is Nc1c(CCl)cccc1C(=O)O. The number of hydrogen-bond acceptors (Lipinski definition) is 2. The van der Waals surface area contributed by atoms with Gasteiger partial charge in [0, 0.05) is 5.88 Å². The van der Waals surface area contributed by atoms with Crippen molar-refractivity contribution in [3.05, 3.63) is 29.3 Å². The van der Waals surface area contributed by atoms with E-state index in [9.17, 15) is 4.79 Å². The molecule has 0 amide bonds. The van der Waals surface area contributed by atoms with Gasteiger partial charge in [-0.15, -0.1) is 11.6 Å². The molecule has 0 saturated heterocycles. The number of hydrogen-bond donors (Lipinski definition) is 2. The number of carbonyl (C=O) groups is 1. The summed E-state index contributed by atoms with van der Waals surface area (Å²) in [5.74, 6) is -0.799. The molecule has 0 unspecified atom stereocenters. The van der Waals surface area contributed by atoms with E-state index in [0.29, 0.717) is 5.56 Å². The van der Waals surface area contributed by atoms with E-state index in [0.717, 1.165) is 0 Å². The van der Waals surface area contributed by atoms with E-state index in [1.807, 2.05) is 0 Å². The van der Waals surface area contributed by atoms with E-state index < -0.39 is 5.97 Å². The third kappa shape index (κ3) is 1.51. The van der Waals surface area contributed by atoms with Crippen molar-refractivity contribution < 1.29 is 9.90 Å². The van der Waals surface area contributed by atoms with Gasteiger partial charge in [-0.3, -0.25) is 0 Å². The number of nitrogen functional groups attached to an aromatic ring is 1. The van der Waals surface area contributed by atoms with E-state index in [-0.39, 0.29) is 17.1 Å². The molecule has 0 saturated carbocycles. The van der Waals surface area contributed by atoms with Gasteiger partial charge >= 0.3 is 5.97 Å². The van der Waals surface area contributed by atoms with Crippen LogP contribution in [0.5, 0.6) is 0 Å². The van der Waals surface area contributed by atoms with Crippen molar-refractivity contribution in [3.63, 3.8) is 0 Å². The number of carboxylic acid groups (broad SMARTS) is 1. The fourth-order valence-corrected chi connectivity index (χ4v) is 1.15. The number of anilines is 1. The lowest BCUT2D eigenvalue weighted by Gasteiger charge is -2.04. The first-order chi connectivity index (χ1) is 5.66. The fourth-order valence-electron chi connectivity index (χ4n) is 0.916. The summed E-state index contributed by atoms with van der Waals surface area (Å²) >= 11 is 5.54. The van der Waals surface area contributed by atoms with E-state index in [1.165, 1.54) is 6.07 Å². The number of aromatic carboxylic acids is 1. The summed E-state index contributed by atoms with van der Waals surface area (Å²) < 4.78 is 0. The third-order valence-corrected chi connectivity index (χ3v) is 1.86. The first-order valence-corrected chi connectivity index (χ1v) is 3.87. The van der Waals surface area contributed by atoms with Crippen LogP contribution in [0.4, 0.5) is 5.69 Å². The molecule has 0 aliphatic rings. The Labute approximate surface area is 74.8 Å². The van der Waals surface area contributed by atoms with Crippen LogP contribution >= 0.6 is 11.6 Å². The van der Waals surface area contributed by atoms with Gasteiger partial charge in [-0.05, 0) is 11.6 Å². The maximum atomic E-state index is 10.6. The summed E-state index contributed by atoms with van der Waals surface area (Å²) in [4.78, 5) is 10.6. The Morgan fingerprint density at radius 1 is 1.58 bits per heavy atom. The predicted octanol–water partition coefficient (Wildman–Crippen LogP) is 1.71. The van der Waals surface area contributed by atoms with E-state index >= 15 is 0 Å². The highest BCUT2D eigenvalue weighted by Gasteiger charge is 2.09. The van der Waals surface area contributed by atoms with Gasteiger partial charge in [0.25, 0.3) is 0 Å². The summed E-state index contributed by atoms with van der Waals surface area (Å²) in [6.07, 6.45) is 0. The summed E-state index contributed by atoms with van der Waals surface area (Å²) in [6, 6.07) is 4.78. The molecular formula is C8H8ClNO2. The van der Waals surface area contributed by atoms with Crippen molar-refractivity contribution in [2.24, 2.45) is 0 Å². The lowest BCUT2D eigenvalue weighted by Crippen LogP contribution is -2.04. The Balaban J connectivity index is 3.23.